The van der Waals surface area contributed by atoms with E-state index in [-0.39, 0.29) is 6.10 Å². The molecule has 1 aromatic carbocycles. The van der Waals surface area contributed by atoms with Gasteiger partial charge in [-0.1, -0.05) is 42.8 Å². The van der Waals surface area contributed by atoms with E-state index in [1.165, 1.54) is 17.5 Å². The fraction of sp³-hybridized carbons (Fsp3) is 0.375. The third-order valence-electron chi connectivity index (χ3n) is 3.30. The number of ether oxygens (including phenoxy) is 1. The van der Waals surface area contributed by atoms with Crippen LogP contribution in [-0.4, -0.2) is 22.6 Å². The number of nitrogens with zero attached hydrogens (tertiary/aromatic N) is 2. The predicted molar refractivity (Wildman–Crippen MR) is 84.6 cm³/mol. The molecule has 21 heavy (non-hydrogen) atoms. The second kappa shape index (κ2) is 7.96. The van der Waals surface area contributed by atoms with Crippen molar-refractivity contribution in [2.75, 3.05) is 6.54 Å². The van der Waals surface area contributed by atoms with Gasteiger partial charge in [0.05, 0.1) is 0 Å². The van der Waals surface area contributed by atoms with Crippen LogP contribution in [0.4, 0.5) is 0 Å². The molecule has 1 aromatic heterocycles. The molecule has 0 saturated carbocycles. The monoisotopic (exact) mass is 305 g/mol. The zero-order valence-corrected chi connectivity index (χ0v) is 13.1. The molecular weight excluding hydrogens is 286 g/mol. The highest BCUT2D eigenvalue weighted by atomic mass is 35.5. The molecule has 2 aromatic rings. The summed E-state index contributed by atoms with van der Waals surface area (Å²) in [6.45, 7) is 5.79. The van der Waals surface area contributed by atoms with Gasteiger partial charge in [0.25, 0.3) is 0 Å². The van der Waals surface area contributed by atoms with E-state index in [0.717, 1.165) is 19.5 Å². The standard InChI is InChI=1S/C16H20ClN3O/c1-3-14(21-16-8-15(17)19-11-20-16)10-18-9-13-7-5-4-6-12(13)2/h4-8,11,14,18H,3,9-10H2,1-2H3. The first-order valence-corrected chi connectivity index (χ1v) is 7.46. The lowest BCUT2D eigenvalue weighted by Gasteiger charge is -2.17. The van der Waals surface area contributed by atoms with Crippen LogP contribution in [0.2, 0.25) is 5.15 Å². The van der Waals surface area contributed by atoms with Crippen LogP contribution in [-0.2, 0) is 6.54 Å². The Bertz CT molecular complexity index is 577. The van der Waals surface area contributed by atoms with Gasteiger partial charge in [-0.3, -0.25) is 0 Å². The first-order valence-electron chi connectivity index (χ1n) is 7.08. The van der Waals surface area contributed by atoms with Crippen LogP contribution >= 0.6 is 11.6 Å². The van der Waals surface area contributed by atoms with Crippen molar-refractivity contribution in [1.82, 2.24) is 15.3 Å². The SMILES string of the molecule is CCC(CNCc1ccccc1C)Oc1cc(Cl)ncn1. The van der Waals surface area contributed by atoms with Crippen LogP contribution in [0, 0.1) is 6.92 Å². The van der Waals surface area contributed by atoms with E-state index in [2.05, 4.69) is 53.4 Å². The van der Waals surface area contributed by atoms with E-state index in [0.29, 0.717) is 11.0 Å². The van der Waals surface area contributed by atoms with Crippen molar-refractivity contribution < 1.29 is 4.74 Å². The molecule has 0 amide bonds. The van der Waals surface area contributed by atoms with Crippen LogP contribution in [0.3, 0.4) is 0 Å². The first-order chi connectivity index (χ1) is 10.2. The van der Waals surface area contributed by atoms with E-state index in [4.69, 9.17) is 16.3 Å². The number of hydrogen-bond acceptors (Lipinski definition) is 4. The van der Waals surface area contributed by atoms with Crippen molar-refractivity contribution >= 4 is 11.6 Å². The quantitative estimate of drug-likeness (QED) is 0.797. The Hall–Kier alpha value is -1.65. The first kappa shape index (κ1) is 15.7. The average Bonchev–Trinajstić information content (AvgIpc) is 2.48. The van der Waals surface area contributed by atoms with Gasteiger partial charge >= 0.3 is 0 Å². The summed E-state index contributed by atoms with van der Waals surface area (Å²) in [6, 6.07) is 9.99. The maximum atomic E-state index is 5.83. The van der Waals surface area contributed by atoms with Crippen molar-refractivity contribution in [3.05, 3.63) is 52.9 Å². The summed E-state index contributed by atoms with van der Waals surface area (Å²) in [5.41, 5.74) is 2.60. The molecule has 0 saturated heterocycles. The molecule has 5 heteroatoms. The van der Waals surface area contributed by atoms with E-state index in [1.807, 2.05) is 0 Å². The molecule has 1 unspecified atom stereocenters. The van der Waals surface area contributed by atoms with Crippen LogP contribution in [0.1, 0.15) is 24.5 Å². The van der Waals surface area contributed by atoms with E-state index >= 15 is 0 Å². The summed E-state index contributed by atoms with van der Waals surface area (Å²) in [5, 5.41) is 3.82. The Labute approximate surface area is 130 Å². The van der Waals surface area contributed by atoms with E-state index in [1.54, 1.807) is 6.07 Å². The Balaban J connectivity index is 1.84. The maximum Gasteiger partial charge on any atom is 0.218 e. The molecule has 1 N–H and O–H groups in total. The van der Waals surface area contributed by atoms with Gasteiger partial charge in [-0.15, -0.1) is 0 Å². The number of aryl methyl sites for hydroxylation is 1. The van der Waals surface area contributed by atoms with Gasteiger partial charge in [0.2, 0.25) is 5.88 Å². The molecule has 0 aliphatic carbocycles. The van der Waals surface area contributed by atoms with Crippen LogP contribution in [0.15, 0.2) is 36.7 Å². The number of benzene rings is 1. The largest absolute Gasteiger partial charge is 0.473 e. The van der Waals surface area contributed by atoms with E-state index < -0.39 is 0 Å². The summed E-state index contributed by atoms with van der Waals surface area (Å²) >= 11 is 5.83. The Kier molecular flexibility index (Phi) is 5.96. The van der Waals surface area contributed by atoms with Gasteiger partial charge in [-0.2, -0.15) is 0 Å². The zero-order chi connectivity index (χ0) is 15.1. The molecule has 1 atom stereocenters. The van der Waals surface area contributed by atoms with Gasteiger partial charge in [-0.25, -0.2) is 9.97 Å². The van der Waals surface area contributed by atoms with Crippen molar-refractivity contribution in [2.45, 2.75) is 32.9 Å². The Morgan fingerprint density at radius 3 is 2.81 bits per heavy atom. The lowest BCUT2D eigenvalue weighted by atomic mass is 10.1. The fourth-order valence-electron chi connectivity index (χ4n) is 2.00. The summed E-state index contributed by atoms with van der Waals surface area (Å²) in [7, 11) is 0. The fourth-order valence-corrected chi connectivity index (χ4v) is 2.14. The molecular formula is C16H20ClN3O. The van der Waals surface area contributed by atoms with Crippen molar-refractivity contribution in [2.24, 2.45) is 0 Å². The molecule has 0 spiro atoms. The molecule has 0 radical (unpaired) electrons. The number of halogens is 1. The number of hydrogen-bond donors (Lipinski definition) is 1. The minimum Gasteiger partial charge on any atom is -0.473 e. The molecule has 0 fully saturated rings. The minimum atomic E-state index is 0.0555. The van der Waals surface area contributed by atoms with Crippen molar-refractivity contribution in [3.8, 4) is 5.88 Å². The Morgan fingerprint density at radius 1 is 1.29 bits per heavy atom. The van der Waals surface area contributed by atoms with Crippen LogP contribution in [0.25, 0.3) is 0 Å². The molecule has 1 heterocycles. The molecule has 2 rings (SSSR count). The Morgan fingerprint density at radius 2 is 2.10 bits per heavy atom. The summed E-state index contributed by atoms with van der Waals surface area (Å²) in [6.07, 6.45) is 2.35. The maximum absolute atomic E-state index is 5.83. The van der Waals surface area contributed by atoms with Crippen molar-refractivity contribution in [3.63, 3.8) is 0 Å². The molecule has 4 nitrogen and oxygen atoms in total. The van der Waals surface area contributed by atoms with Crippen LogP contribution < -0.4 is 10.1 Å². The minimum absolute atomic E-state index is 0.0555. The highest BCUT2D eigenvalue weighted by Crippen LogP contribution is 2.13. The van der Waals surface area contributed by atoms with Gasteiger partial charge < -0.3 is 10.1 Å². The lowest BCUT2D eigenvalue weighted by molar-refractivity contribution is 0.185. The summed E-state index contributed by atoms with van der Waals surface area (Å²) < 4.78 is 5.81. The molecule has 112 valence electrons. The molecule has 0 aliphatic rings. The summed E-state index contributed by atoms with van der Waals surface area (Å²) in [5.74, 6) is 0.513. The van der Waals surface area contributed by atoms with Gasteiger partial charge in [0, 0.05) is 19.2 Å². The zero-order valence-electron chi connectivity index (χ0n) is 12.3. The number of nitrogens with one attached hydrogen (secondary N) is 1. The molecule has 0 aliphatic heterocycles. The normalized spacial score (nSPS) is 12.1. The highest BCUT2D eigenvalue weighted by Gasteiger charge is 2.09. The average molecular weight is 306 g/mol. The molecule has 0 bridgehead atoms. The van der Waals surface area contributed by atoms with Crippen molar-refractivity contribution in [1.29, 1.82) is 0 Å². The third-order valence-corrected chi connectivity index (χ3v) is 3.51. The van der Waals surface area contributed by atoms with Gasteiger partial charge in [0.1, 0.15) is 17.6 Å². The second-order valence-electron chi connectivity index (χ2n) is 4.88. The van der Waals surface area contributed by atoms with Gasteiger partial charge in [0.15, 0.2) is 0 Å². The smallest absolute Gasteiger partial charge is 0.218 e. The lowest BCUT2D eigenvalue weighted by Crippen LogP contribution is -2.31. The predicted octanol–water partition coefficient (Wildman–Crippen LogP) is 3.39. The third kappa shape index (κ3) is 4.99. The second-order valence-corrected chi connectivity index (χ2v) is 5.27. The van der Waals surface area contributed by atoms with Crippen LogP contribution in [0.5, 0.6) is 5.88 Å². The highest BCUT2D eigenvalue weighted by molar-refractivity contribution is 6.29. The van der Waals surface area contributed by atoms with E-state index in [9.17, 15) is 0 Å². The number of aromatic nitrogens is 2. The summed E-state index contributed by atoms with van der Waals surface area (Å²) in [4.78, 5) is 7.91. The van der Waals surface area contributed by atoms with Gasteiger partial charge in [-0.05, 0) is 24.5 Å². The number of rotatable bonds is 7. The topological polar surface area (TPSA) is 47.0 Å².